The van der Waals surface area contributed by atoms with Crippen LogP contribution in [-0.2, 0) is 16.0 Å². The molecule has 0 fully saturated rings. The molecule has 92 valence electrons. The predicted molar refractivity (Wildman–Crippen MR) is 62.5 cm³/mol. The molecular formula is C13H16O4. The topological polar surface area (TPSA) is 44.8 Å². The summed E-state index contributed by atoms with van der Waals surface area (Å²) in [5, 5.41) is 0. The molecule has 0 aliphatic carbocycles. The summed E-state index contributed by atoms with van der Waals surface area (Å²) in [5.74, 6) is 1.36. The summed E-state index contributed by atoms with van der Waals surface area (Å²) >= 11 is 0. The number of benzene rings is 1. The molecular weight excluding hydrogens is 220 g/mol. The molecule has 0 atom stereocenters. The van der Waals surface area contributed by atoms with Crippen LogP contribution in [0.25, 0.3) is 0 Å². The van der Waals surface area contributed by atoms with E-state index in [0.717, 1.165) is 22.6 Å². The highest BCUT2D eigenvalue weighted by Crippen LogP contribution is 2.33. The summed E-state index contributed by atoms with van der Waals surface area (Å²) in [6.07, 6.45) is 1.05. The van der Waals surface area contributed by atoms with Crippen LogP contribution in [0.5, 0.6) is 11.5 Å². The highest BCUT2D eigenvalue weighted by Gasteiger charge is 2.14. The number of hydrogen-bond donors (Lipinski definition) is 0. The van der Waals surface area contributed by atoms with Crippen LogP contribution in [0.4, 0.5) is 0 Å². The molecule has 1 aromatic rings. The Hall–Kier alpha value is -1.71. The first-order valence-electron chi connectivity index (χ1n) is 5.66. The molecule has 0 amide bonds. The molecule has 0 spiro atoms. The van der Waals surface area contributed by atoms with E-state index < -0.39 is 0 Å². The van der Waals surface area contributed by atoms with Gasteiger partial charge >= 0.3 is 5.97 Å². The van der Waals surface area contributed by atoms with Crippen molar-refractivity contribution in [3.8, 4) is 11.5 Å². The Bertz CT molecular complexity index is 426. The first-order chi connectivity index (χ1) is 8.20. The van der Waals surface area contributed by atoms with Crippen molar-refractivity contribution in [2.75, 3.05) is 20.3 Å². The molecule has 0 aromatic heterocycles. The van der Waals surface area contributed by atoms with Gasteiger partial charge in [-0.05, 0) is 36.6 Å². The van der Waals surface area contributed by atoms with Gasteiger partial charge < -0.3 is 14.2 Å². The molecule has 0 saturated heterocycles. The van der Waals surface area contributed by atoms with Crippen molar-refractivity contribution in [2.45, 2.75) is 19.8 Å². The number of carbonyl (C=O) groups excluding carboxylic acids is 1. The van der Waals surface area contributed by atoms with Gasteiger partial charge in [-0.2, -0.15) is 0 Å². The Kier molecular flexibility index (Phi) is 3.52. The van der Waals surface area contributed by atoms with E-state index in [9.17, 15) is 4.79 Å². The maximum Gasteiger partial charge on any atom is 0.305 e. The first kappa shape index (κ1) is 11.8. The average molecular weight is 236 g/mol. The molecule has 1 aliphatic rings. The maximum absolute atomic E-state index is 11.1. The maximum atomic E-state index is 11.1. The number of hydrogen-bond acceptors (Lipinski definition) is 4. The third-order valence-electron chi connectivity index (χ3n) is 2.83. The fourth-order valence-electron chi connectivity index (χ4n) is 1.84. The Balaban J connectivity index is 2.14. The van der Waals surface area contributed by atoms with Crippen molar-refractivity contribution in [1.82, 2.24) is 0 Å². The second-order valence-electron chi connectivity index (χ2n) is 4.00. The number of ether oxygens (including phenoxy) is 3. The lowest BCUT2D eigenvalue weighted by atomic mass is 10.0. The number of methoxy groups -OCH3 is 1. The Morgan fingerprint density at radius 1 is 1.29 bits per heavy atom. The zero-order valence-electron chi connectivity index (χ0n) is 10.1. The summed E-state index contributed by atoms with van der Waals surface area (Å²) in [7, 11) is 1.40. The molecule has 17 heavy (non-hydrogen) atoms. The van der Waals surface area contributed by atoms with E-state index in [1.165, 1.54) is 7.11 Å². The highest BCUT2D eigenvalue weighted by molar-refractivity contribution is 5.69. The number of fused-ring (bicyclic) bond motifs is 1. The van der Waals surface area contributed by atoms with Gasteiger partial charge in [-0.3, -0.25) is 4.79 Å². The molecule has 1 heterocycles. The van der Waals surface area contributed by atoms with Crippen LogP contribution in [0.1, 0.15) is 17.5 Å². The van der Waals surface area contributed by atoms with Crippen molar-refractivity contribution in [3.63, 3.8) is 0 Å². The van der Waals surface area contributed by atoms with Gasteiger partial charge in [0.15, 0.2) is 11.5 Å². The minimum atomic E-state index is -0.195. The molecule has 1 aliphatic heterocycles. The van der Waals surface area contributed by atoms with Gasteiger partial charge in [-0.15, -0.1) is 0 Å². The van der Waals surface area contributed by atoms with E-state index in [0.29, 0.717) is 26.1 Å². The third-order valence-corrected chi connectivity index (χ3v) is 2.83. The first-order valence-corrected chi connectivity index (χ1v) is 5.66. The smallest absolute Gasteiger partial charge is 0.305 e. The largest absolute Gasteiger partial charge is 0.486 e. The van der Waals surface area contributed by atoms with Crippen molar-refractivity contribution in [3.05, 3.63) is 23.3 Å². The van der Waals surface area contributed by atoms with E-state index in [-0.39, 0.29) is 5.97 Å². The van der Waals surface area contributed by atoms with Crippen LogP contribution in [-0.4, -0.2) is 26.3 Å². The summed E-state index contributed by atoms with van der Waals surface area (Å²) < 4.78 is 15.6. The van der Waals surface area contributed by atoms with E-state index >= 15 is 0 Å². The van der Waals surface area contributed by atoms with Gasteiger partial charge in [0, 0.05) is 6.42 Å². The second kappa shape index (κ2) is 5.08. The van der Waals surface area contributed by atoms with Crippen molar-refractivity contribution in [2.24, 2.45) is 0 Å². The lowest BCUT2D eigenvalue weighted by Gasteiger charge is -2.20. The Morgan fingerprint density at radius 2 is 1.94 bits per heavy atom. The summed E-state index contributed by atoms with van der Waals surface area (Å²) in [6.45, 7) is 3.17. The van der Waals surface area contributed by atoms with Crippen LogP contribution >= 0.6 is 0 Å². The summed E-state index contributed by atoms with van der Waals surface area (Å²) in [5.41, 5.74) is 2.21. The third kappa shape index (κ3) is 2.70. The Labute approximate surface area is 100 Å². The molecule has 0 saturated carbocycles. The predicted octanol–water partition coefficient (Wildman–Crippen LogP) is 1.87. The molecule has 4 nitrogen and oxygen atoms in total. The zero-order valence-corrected chi connectivity index (χ0v) is 10.1. The molecule has 4 heteroatoms. The number of rotatable bonds is 3. The van der Waals surface area contributed by atoms with Crippen LogP contribution in [0.2, 0.25) is 0 Å². The number of esters is 1. The fourth-order valence-corrected chi connectivity index (χ4v) is 1.84. The SMILES string of the molecule is COC(=O)CCc1cc2c(cc1C)OCCO2. The van der Waals surface area contributed by atoms with Crippen molar-refractivity contribution in [1.29, 1.82) is 0 Å². The monoisotopic (exact) mass is 236 g/mol. The lowest BCUT2D eigenvalue weighted by Crippen LogP contribution is -2.16. The van der Waals surface area contributed by atoms with Crippen LogP contribution < -0.4 is 9.47 Å². The lowest BCUT2D eigenvalue weighted by molar-refractivity contribution is -0.140. The summed E-state index contributed by atoms with van der Waals surface area (Å²) in [4.78, 5) is 11.1. The average Bonchev–Trinajstić information content (AvgIpc) is 2.35. The number of carbonyl (C=O) groups is 1. The van der Waals surface area contributed by atoms with E-state index in [4.69, 9.17) is 9.47 Å². The fraction of sp³-hybridized carbons (Fsp3) is 0.462. The van der Waals surface area contributed by atoms with Gasteiger partial charge in [-0.25, -0.2) is 0 Å². The van der Waals surface area contributed by atoms with E-state index in [1.54, 1.807) is 0 Å². The minimum absolute atomic E-state index is 0.195. The van der Waals surface area contributed by atoms with Crippen LogP contribution in [0.15, 0.2) is 12.1 Å². The van der Waals surface area contributed by atoms with Gasteiger partial charge in [0.25, 0.3) is 0 Å². The van der Waals surface area contributed by atoms with E-state index in [1.807, 2.05) is 19.1 Å². The van der Waals surface area contributed by atoms with Gasteiger partial charge in [0.05, 0.1) is 7.11 Å². The van der Waals surface area contributed by atoms with Crippen LogP contribution in [0.3, 0.4) is 0 Å². The minimum Gasteiger partial charge on any atom is -0.486 e. The number of aryl methyl sites for hydroxylation is 2. The normalized spacial score (nSPS) is 13.3. The second-order valence-corrected chi connectivity index (χ2v) is 4.00. The highest BCUT2D eigenvalue weighted by atomic mass is 16.6. The molecule has 0 unspecified atom stereocenters. The standard InChI is InChI=1S/C13H16O4/c1-9-7-11-12(17-6-5-16-11)8-10(9)3-4-13(14)15-2/h7-8H,3-6H2,1-2H3. The molecule has 1 aromatic carbocycles. The quantitative estimate of drug-likeness (QED) is 0.751. The van der Waals surface area contributed by atoms with Gasteiger partial charge in [0.1, 0.15) is 13.2 Å². The van der Waals surface area contributed by atoms with Gasteiger partial charge in [0.2, 0.25) is 0 Å². The molecule has 0 radical (unpaired) electrons. The van der Waals surface area contributed by atoms with Crippen LogP contribution in [0, 0.1) is 6.92 Å². The van der Waals surface area contributed by atoms with Crippen molar-refractivity contribution < 1.29 is 19.0 Å². The molecule has 0 N–H and O–H groups in total. The Morgan fingerprint density at radius 3 is 2.59 bits per heavy atom. The van der Waals surface area contributed by atoms with Crippen molar-refractivity contribution >= 4 is 5.97 Å². The van der Waals surface area contributed by atoms with Gasteiger partial charge in [-0.1, -0.05) is 0 Å². The summed E-state index contributed by atoms with van der Waals surface area (Å²) in [6, 6.07) is 3.91. The zero-order chi connectivity index (χ0) is 12.3. The van der Waals surface area contributed by atoms with E-state index in [2.05, 4.69) is 4.74 Å². The molecule has 2 rings (SSSR count). The molecule has 0 bridgehead atoms.